The second kappa shape index (κ2) is 8.89. The number of nitrogens with one attached hydrogen (secondary N) is 1. The van der Waals surface area contributed by atoms with Crippen LogP contribution >= 0.6 is 0 Å². The molecule has 0 atom stereocenters. The molecule has 6 heteroatoms. The number of methoxy groups -OCH3 is 1. The summed E-state index contributed by atoms with van der Waals surface area (Å²) in [5.41, 5.74) is 2.23. The van der Waals surface area contributed by atoms with Gasteiger partial charge in [0, 0.05) is 19.2 Å². The first-order valence-electron chi connectivity index (χ1n) is 8.80. The van der Waals surface area contributed by atoms with Gasteiger partial charge in [0.1, 0.15) is 0 Å². The fourth-order valence-electron chi connectivity index (χ4n) is 2.80. The minimum atomic E-state index is -0.0695. The number of nitrogens with zero attached hydrogens (tertiary/aromatic N) is 2. The number of rotatable bonds is 8. The van der Waals surface area contributed by atoms with Crippen LogP contribution in [0.4, 0.5) is 0 Å². The van der Waals surface area contributed by atoms with E-state index in [1.807, 2.05) is 54.6 Å². The van der Waals surface area contributed by atoms with Crippen LogP contribution < -0.4 is 9.47 Å². The number of ether oxygens (including phenoxy) is 2. The molecule has 0 fully saturated rings. The Bertz CT molecular complexity index is 877. The number of hydrogen-bond acceptors (Lipinski definition) is 4. The van der Waals surface area contributed by atoms with Crippen molar-refractivity contribution in [2.75, 3.05) is 27.3 Å². The molecule has 3 rings (SSSR count). The molecule has 0 spiro atoms. The summed E-state index contributed by atoms with van der Waals surface area (Å²) < 4.78 is 11.0. The Morgan fingerprint density at radius 2 is 1.78 bits per heavy atom. The number of carbonyl (C=O) groups excluding carboxylic acids is 1. The first-order chi connectivity index (χ1) is 13.2. The van der Waals surface area contributed by atoms with E-state index >= 15 is 0 Å². The van der Waals surface area contributed by atoms with Gasteiger partial charge in [-0.15, -0.1) is 0 Å². The van der Waals surface area contributed by atoms with E-state index in [1.54, 1.807) is 25.3 Å². The quantitative estimate of drug-likeness (QED) is 0.619. The highest BCUT2D eigenvalue weighted by molar-refractivity contribution is 5.99. The molecule has 2 aromatic carbocycles. The van der Waals surface area contributed by atoms with Gasteiger partial charge < -0.3 is 14.4 Å². The Hall–Kier alpha value is -3.28. The molecule has 0 radical (unpaired) electrons. The van der Waals surface area contributed by atoms with Crippen molar-refractivity contribution in [1.82, 2.24) is 15.1 Å². The lowest BCUT2D eigenvalue weighted by molar-refractivity contribution is 0.0788. The highest BCUT2D eigenvalue weighted by Crippen LogP contribution is 2.26. The van der Waals surface area contributed by atoms with E-state index in [0.29, 0.717) is 36.6 Å². The molecule has 0 aliphatic carbocycles. The van der Waals surface area contributed by atoms with Gasteiger partial charge in [-0.25, -0.2) is 0 Å². The number of aromatic nitrogens is 2. The number of amides is 1. The van der Waals surface area contributed by atoms with Crippen LogP contribution in [0, 0.1) is 0 Å². The summed E-state index contributed by atoms with van der Waals surface area (Å²) in [7, 11) is 3.40. The SMILES string of the molecule is COc1ccccc1OCCCN(C)C(=O)c1cn[nH]c1-c1ccccc1. The van der Waals surface area contributed by atoms with E-state index in [2.05, 4.69) is 10.2 Å². The fourth-order valence-corrected chi connectivity index (χ4v) is 2.80. The monoisotopic (exact) mass is 365 g/mol. The number of hydrogen-bond donors (Lipinski definition) is 1. The second-order valence-electron chi connectivity index (χ2n) is 6.10. The normalized spacial score (nSPS) is 10.4. The summed E-state index contributed by atoms with van der Waals surface area (Å²) in [5, 5.41) is 6.97. The maximum Gasteiger partial charge on any atom is 0.257 e. The van der Waals surface area contributed by atoms with Crippen molar-refractivity contribution >= 4 is 5.91 Å². The number of carbonyl (C=O) groups is 1. The van der Waals surface area contributed by atoms with Crippen LogP contribution in [0.25, 0.3) is 11.3 Å². The summed E-state index contributed by atoms with van der Waals surface area (Å²) >= 11 is 0. The molecular formula is C21H23N3O3. The predicted molar refractivity (Wildman–Crippen MR) is 104 cm³/mol. The average molecular weight is 365 g/mol. The lowest BCUT2D eigenvalue weighted by Gasteiger charge is -2.17. The lowest BCUT2D eigenvalue weighted by Crippen LogP contribution is -2.28. The number of benzene rings is 2. The summed E-state index contributed by atoms with van der Waals surface area (Å²) in [4.78, 5) is 14.5. The van der Waals surface area contributed by atoms with Gasteiger partial charge in [-0.05, 0) is 18.6 Å². The van der Waals surface area contributed by atoms with E-state index < -0.39 is 0 Å². The van der Waals surface area contributed by atoms with Gasteiger partial charge in [-0.2, -0.15) is 5.10 Å². The highest BCUT2D eigenvalue weighted by atomic mass is 16.5. The van der Waals surface area contributed by atoms with Crippen molar-refractivity contribution in [2.45, 2.75) is 6.42 Å². The molecule has 1 heterocycles. The Balaban J connectivity index is 1.55. The van der Waals surface area contributed by atoms with Crippen LogP contribution in [0.3, 0.4) is 0 Å². The number of H-pyrrole nitrogens is 1. The van der Waals surface area contributed by atoms with Gasteiger partial charge in [0.05, 0.1) is 31.2 Å². The van der Waals surface area contributed by atoms with Crippen molar-refractivity contribution in [2.24, 2.45) is 0 Å². The van der Waals surface area contributed by atoms with Gasteiger partial charge in [0.25, 0.3) is 5.91 Å². The third-order valence-electron chi connectivity index (χ3n) is 4.24. The first-order valence-corrected chi connectivity index (χ1v) is 8.80. The van der Waals surface area contributed by atoms with Crippen molar-refractivity contribution < 1.29 is 14.3 Å². The molecular weight excluding hydrogens is 342 g/mol. The molecule has 140 valence electrons. The average Bonchev–Trinajstić information content (AvgIpc) is 3.21. The summed E-state index contributed by atoms with van der Waals surface area (Å²) in [6.45, 7) is 1.07. The minimum absolute atomic E-state index is 0.0695. The van der Waals surface area contributed by atoms with Crippen LogP contribution in [0.15, 0.2) is 60.8 Å². The molecule has 0 aliphatic rings. The second-order valence-corrected chi connectivity index (χ2v) is 6.10. The zero-order chi connectivity index (χ0) is 19.1. The third kappa shape index (κ3) is 4.47. The summed E-state index contributed by atoms with van der Waals surface area (Å²) in [6, 6.07) is 17.2. The van der Waals surface area contributed by atoms with Crippen LogP contribution in [-0.4, -0.2) is 48.3 Å². The maximum atomic E-state index is 12.8. The Morgan fingerprint density at radius 1 is 1.07 bits per heavy atom. The van der Waals surface area contributed by atoms with Crippen LogP contribution in [0.1, 0.15) is 16.8 Å². The molecule has 3 aromatic rings. The number of aromatic amines is 1. The third-order valence-corrected chi connectivity index (χ3v) is 4.24. The lowest BCUT2D eigenvalue weighted by atomic mass is 10.1. The van der Waals surface area contributed by atoms with Gasteiger partial charge in [0.15, 0.2) is 11.5 Å². The van der Waals surface area contributed by atoms with Gasteiger partial charge >= 0.3 is 0 Å². The van der Waals surface area contributed by atoms with Crippen LogP contribution in [0.2, 0.25) is 0 Å². The molecule has 0 aliphatic heterocycles. The van der Waals surface area contributed by atoms with Gasteiger partial charge in [0.2, 0.25) is 0 Å². The minimum Gasteiger partial charge on any atom is -0.493 e. The number of para-hydroxylation sites is 2. The van der Waals surface area contributed by atoms with Crippen molar-refractivity contribution in [3.8, 4) is 22.8 Å². The topological polar surface area (TPSA) is 67.5 Å². The molecule has 1 N–H and O–H groups in total. The van der Waals surface area contributed by atoms with E-state index in [4.69, 9.17) is 9.47 Å². The molecule has 0 saturated heterocycles. The van der Waals surface area contributed by atoms with E-state index in [1.165, 1.54) is 0 Å². The smallest absolute Gasteiger partial charge is 0.257 e. The maximum absolute atomic E-state index is 12.8. The van der Waals surface area contributed by atoms with E-state index in [0.717, 1.165) is 11.3 Å². The van der Waals surface area contributed by atoms with Crippen molar-refractivity contribution in [3.63, 3.8) is 0 Å². The van der Waals surface area contributed by atoms with Crippen molar-refractivity contribution in [1.29, 1.82) is 0 Å². The van der Waals surface area contributed by atoms with E-state index in [-0.39, 0.29) is 5.91 Å². The largest absolute Gasteiger partial charge is 0.493 e. The zero-order valence-electron chi connectivity index (χ0n) is 15.5. The Kier molecular flexibility index (Phi) is 6.10. The molecule has 27 heavy (non-hydrogen) atoms. The zero-order valence-corrected chi connectivity index (χ0v) is 15.5. The highest BCUT2D eigenvalue weighted by Gasteiger charge is 2.18. The Labute approximate surface area is 158 Å². The van der Waals surface area contributed by atoms with Gasteiger partial charge in [-0.1, -0.05) is 42.5 Å². The molecule has 0 saturated carbocycles. The van der Waals surface area contributed by atoms with Crippen LogP contribution in [0.5, 0.6) is 11.5 Å². The standard InChI is InChI=1S/C21H23N3O3/c1-24(13-8-14-27-19-12-7-6-11-18(19)26-2)21(25)17-15-22-23-20(17)16-9-4-3-5-10-16/h3-7,9-12,15H,8,13-14H2,1-2H3,(H,22,23). The van der Waals surface area contributed by atoms with Crippen molar-refractivity contribution in [3.05, 3.63) is 66.4 Å². The van der Waals surface area contributed by atoms with Gasteiger partial charge in [-0.3, -0.25) is 9.89 Å². The predicted octanol–water partition coefficient (Wildman–Crippen LogP) is 3.63. The summed E-state index contributed by atoms with van der Waals surface area (Å²) in [5.74, 6) is 1.34. The molecule has 1 amide bonds. The van der Waals surface area contributed by atoms with E-state index in [9.17, 15) is 4.79 Å². The van der Waals surface area contributed by atoms with Crippen LogP contribution in [-0.2, 0) is 0 Å². The first kappa shape index (κ1) is 18.5. The molecule has 0 unspecified atom stereocenters. The molecule has 6 nitrogen and oxygen atoms in total. The Morgan fingerprint density at radius 3 is 2.52 bits per heavy atom. The molecule has 1 aromatic heterocycles. The summed E-state index contributed by atoms with van der Waals surface area (Å²) in [6.07, 6.45) is 2.28. The fraction of sp³-hybridized carbons (Fsp3) is 0.238. The molecule has 0 bridgehead atoms.